The van der Waals surface area contributed by atoms with Crippen LogP contribution in [0.4, 0.5) is 29.5 Å². The van der Waals surface area contributed by atoms with Gasteiger partial charge in [0.05, 0.1) is 12.8 Å². The van der Waals surface area contributed by atoms with Crippen molar-refractivity contribution in [1.82, 2.24) is 15.0 Å². The average molecular weight is 505 g/mol. The van der Waals surface area contributed by atoms with Gasteiger partial charge in [-0.1, -0.05) is 11.6 Å². The van der Waals surface area contributed by atoms with E-state index in [4.69, 9.17) is 22.1 Å². The SMILES string of the molecule is COc1nc2c(F)c(F)c(F)c(C3CCN(c4c[nH]c5ccc(Cl)cc45)CC3)c2nc1NC(N)=O. The molecule has 3 heterocycles. The zero-order chi connectivity index (χ0) is 24.9. The maximum atomic E-state index is 15.1. The predicted octanol–water partition coefficient (Wildman–Crippen LogP) is 5.07. The molecule has 182 valence electrons. The van der Waals surface area contributed by atoms with Gasteiger partial charge in [0.2, 0.25) is 0 Å². The lowest BCUT2D eigenvalue weighted by molar-refractivity contribution is 0.259. The largest absolute Gasteiger partial charge is 0.478 e. The number of nitrogens with two attached hydrogens (primary N) is 1. The van der Waals surface area contributed by atoms with Crippen molar-refractivity contribution in [3.05, 3.63) is 52.4 Å². The number of nitrogens with zero attached hydrogens (tertiary/aromatic N) is 3. The number of amides is 2. The first kappa shape index (κ1) is 23.0. The summed E-state index contributed by atoms with van der Waals surface area (Å²) >= 11 is 6.16. The van der Waals surface area contributed by atoms with Crippen LogP contribution in [0.25, 0.3) is 21.9 Å². The minimum atomic E-state index is -1.63. The molecule has 0 aliphatic carbocycles. The number of carbonyl (C=O) groups excluding carboxylic acids is 1. The number of aromatic nitrogens is 3. The molecule has 0 atom stereocenters. The number of aromatic amines is 1. The number of rotatable bonds is 4. The van der Waals surface area contributed by atoms with E-state index in [-0.39, 0.29) is 22.8 Å². The van der Waals surface area contributed by atoms with Gasteiger partial charge in [-0.15, -0.1) is 0 Å². The number of anilines is 2. The quantitative estimate of drug-likeness (QED) is 0.336. The molecule has 5 rings (SSSR count). The van der Waals surface area contributed by atoms with Gasteiger partial charge in [0.1, 0.15) is 11.0 Å². The number of piperidine rings is 1. The lowest BCUT2D eigenvalue weighted by Crippen LogP contribution is -2.33. The van der Waals surface area contributed by atoms with Gasteiger partial charge in [0.15, 0.2) is 23.3 Å². The zero-order valence-electron chi connectivity index (χ0n) is 18.5. The van der Waals surface area contributed by atoms with Crippen LogP contribution < -0.4 is 20.7 Å². The summed E-state index contributed by atoms with van der Waals surface area (Å²) in [7, 11) is 1.22. The topological polar surface area (TPSA) is 109 Å². The van der Waals surface area contributed by atoms with Crippen molar-refractivity contribution in [2.45, 2.75) is 18.8 Å². The highest BCUT2D eigenvalue weighted by Gasteiger charge is 2.32. The number of carbonyl (C=O) groups is 1. The molecular weight excluding hydrogens is 485 g/mol. The van der Waals surface area contributed by atoms with E-state index in [1.807, 2.05) is 18.3 Å². The molecule has 1 saturated heterocycles. The van der Waals surface area contributed by atoms with E-state index in [0.29, 0.717) is 31.0 Å². The molecule has 1 aliphatic heterocycles. The molecule has 35 heavy (non-hydrogen) atoms. The molecule has 1 fully saturated rings. The van der Waals surface area contributed by atoms with Crippen LogP contribution in [0.5, 0.6) is 5.88 Å². The molecule has 0 unspecified atom stereocenters. The van der Waals surface area contributed by atoms with Gasteiger partial charge in [-0.3, -0.25) is 5.32 Å². The molecular formula is C23H20ClF3N6O2. The fourth-order valence-corrected chi connectivity index (χ4v) is 4.82. The van der Waals surface area contributed by atoms with Crippen LogP contribution >= 0.6 is 11.6 Å². The average Bonchev–Trinajstić information content (AvgIpc) is 3.25. The first-order valence-electron chi connectivity index (χ1n) is 10.8. The molecule has 2 amide bonds. The Morgan fingerprint density at radius 2 is 1.91 bits per heavy atom. The van der Waals surface area contributed by atoms with E-state index < -0.39 is 34.9 Å². The van der Waals surface area contributed by atoms with E-state index in [9.17, 15) is 13.6 Å². The molecule has 2 aromatic heterocycles. The summed E-state index contributed by atoms with van der Waals surface area (Å²) in [6, 6.07) is 4.59. The number of primary amides is 1. The van der Waals surface area contributed by atoms with E-state index in [2.05, 4.69) is 25.2 Å². The fourth-order valence-electron chi connectivity index (χ4n) is 4.65. The normalized spacial score (nSPS) is 14.6. The molecule has 0 saturated carbocycles. The Hall–Kier alpha value is -3.73. The second-order valence-corrected chi connectivity index (χ2v) is 8.69. The van der Waals surface area contributed by atoms with Crippen molar-refractivity contribution < 1.29 is 22.7 Å². The highest BCUT2D eigenvalue weighted by atomic mass is 35.5. The summed E-state index contributed by atoms with van der Waals surface area (Å²) in [6.07, 6.45) is 2.77. The highest BCUT2D eigenvalue weighted by Crippen LogP contribution is 2.40. The summed E-state index contributed by atoms with van der Waals surface area (Å²) in [6.45, 7) is 1.06. The zero-order valence-corrected chi connectivity index (χ0v) is 19.2. The van der Waals surface area contributed by atoms with Crippen LogP contribution in [-0.4, -0.2) is 41.2 Å². The molecule has 1 aliphatic rings. The third-order valence-corrected chi connectivity index (χ3v) is 6.48. The lowest BCUT2D eigenvalue weighted by Gasteiger charge is -2.34. The molecule has 2 aromatic carbocycles. The monoisotopic (exact) mass is 504 g/mol. The van der Waals surface area contributed by atoms with Crippen molar-refractivity contribution in [3.8, 4) is 5.88 Å². The van der Waals surface area contributed by atoms with Crippen molar-refractivity contribution in [1.29, 1.82) is 0 Å². The Labute approximate surface area is 202 Å². The molecule has 0 bridgehead atoms. The molecule has 12 heteroatoms. The van der Waals surface area contributed by atoms with Crippen LogP contribution in [-0.2, 0) is 0 Å². The van der Waals surface area contributed by atoms with Crippen molar-refractivity contribution in [3.63, 3.8) is 0 Å². The van der Waals surface area contributed by atoms with Gasteiger partial charge in [0, 0.05) is 40.8 Å². The summed E-state index contributed by atoms with van der Waals surface area (Å²) in [5, 5.41) is 3.79. The molecule has 0 radical (unpaired) electrons. The van der Waals surface area contributed by atoms with Crippen molar-refractivity contribution >= 4 is 51.1 Å². The maximum Gasteiger partial charge on any atom is 0.317 e. The second kappa shape index (κ2) is 8.81. The molecule has 4 aromatic rings. The highest BCUT2D eigenvalue weighted by molar-refractivity contribution is 6.31. The van der Waals surface area contributed by atoms with Crippen molar-refractivity contribution in [2.24, 2.45) is 5.73 Å². The van der Waals surface area contributed by atoms with Crippen LogP contribution in [0.2, 0.25) is 5.02 Å². The minimum Gasteiger partial charge on any atom is -0.478 e. The van der Waals surface area contributed by atoms with Crippen LogP contribution in [0.3, 0.4) is 0 Å². The summed E-state index contributed by atoms with van der Waals surface area (Å²) < 4.78 is 49.3. The number of benzene rings is 2. The first-order chi connectivity index (χ1) is 16.8. The summed E-state index contributed by atoms with van der Waals surface area (Å²) in [5.74, 6) is -5.40. The Kier molecular flexibility index (Phi) is 5.79. The Bertz CT molecular complexity index is 1470. The lowest BCUT2D eigenvalue weighted by atomic mass is 9.87. The summed E-state index contributed by atoms with van der Waals surface area (Å²) in [5.41, 5.74) is 6.28. The van der Waals surface area contributed by atoms with E-state index in [0.717, 1.165) is 16.6 Å². The standard InChI is InChI=1S/C23H20ClF3N6O2/c1-35-22-21(32-23(28)34)30-19-15(16(25)17(26)18(27)20(19)31-22)10-4-6-33(7-5-10)14-9-29-13-3-2-11(24)8-12(13)14/h2-3,8-10,29H,4-7H2,1H3,(H3,28,30,32,34). The number of fused-ring (bicyclic) bond motifs is 2. The predicted molar refractivity (Wildman–Crippen MR) is 127 cm³/mol. The van der Waals surface area contributed by atoms with Crippen molar-refractivity contribution in [2.75, 3.05) is 30.4 Å². The summed E-state index contributed by atoms with van der Waals surface area (Å²) in [4.78, 5) is 24.8. The van der Waals surface area contributed by atoms with E-state index in [1.54, 1.807) is 6.07 Å². The van der Waals surface area contributed by atoms with Gasteiger partial charge in [-0.2, -0.15) is 0 Å². The third kappa shape index (κ3) is 3.95. The van der Waals surface area contributed by atoms with Crippen LogP contribution in [0.1, 0.15) is 24.3 Å². The van der Waals surface area contributed by atoms with Gasteiger partial charge < -0.3 is 20.4 Å². The minimum absolute atomic E-state index is 0.0943. The number of H-pyrrole nitrogens is 1. The first-order valence-corrected chi connectivity index (χ1v) is 11.2. The Balaban J connectivity index is 1.53. The number of urea groups is 1. The number of halogens is 4. The Morgan fingerprint density at radius 1 is 1.17 bits per heavy atom. The van der Waals surface area contributed by atoms with Gasteiger partial charge in [0.25, 0.3) is 5.88 Å². The molecule has 4 N–H and O–H groups in total. The van der Waals surface area contributed by atoms with Crippen LogP contribution in [0, 0.1) is 17.5 Å². The number of nitrogens with one attached hydrogen (secondary N) is 2. The van der Waals surface area contributed by atoms with E-state index in [1.165, 1.54) is 7.11 Å². The smallest absolute Gasteiger partial charge is 0.317 e. The maximum absolute atomic E-state index is 15.1. The third-order valence-electron chi connectivity index (χ3n) is 6.25. The van der Waals surface area contributed by atoms with Crippen LogP contribution in [0.15, 0.2) is 24.4 Å². The second-order valence-electron chi connectivity index (χ2n) is 8.25. The van der Waals surface area contributed by atoms with E-state index >= 15 is 4.39 Å². The fraction of sp³-hybridized carbons (Fsp3) is 0.261. The Morgan fingerprint density at radius 3 is 2.60 bits per heavy atom. The molecule has 0 spiro atoms. The molecule has 8 nitrogen and oxygen atoms in total. The number of hydrogen-bond donors (Lipinski definition) is 3. The van der Waals surface area contributed by atoms with Gasteiger partial charge in [-0.05, 0) is 37.0 Å². The number of hydrogen-bond acceptors (Lipinski definition) is 5. The van der Waals surface area contributed by atoms with Gasteiger partial charge >= 0.3 is 6.03 Å². The van der Waals surface area contributed by atoms with Gasteiger partial charge in [-0.25, -0.2) is 27.9 Å². The number of methoxy groups -OCH3 is 1. The number of ether oxygens (including phenoxy) is 1.